The number of aryl methyl sites for hydroxylation is 1. The molecule has 0 unspecified atom stereocenters. The Morgan fingerprint density at radius 1 is 1.00 bits per heavy atom. The highest BCUT2D eigenvalue weighted by atomic mass is 16.5. The summed E-state index contributed by atoms with van der Waals surface area (Å²) in [6, 6.07) is 13.7. The van der Waals surface area contributed by atoms with E-state index in [1.165, 1.54) is 0 Å². The number of methoxy groups -OCH3 is 1. The molecule has 2 aromatic carbocycles. The van der Waals surface area contributed by atoms with Gasteiger partial charge in [0.2, 0.25) is 0 Å². The van der Waals surface area contributed by atoms with Crippen LogP contribution in [0.2, 0.25) is 0 Å². The molecule has 0 bridgehead atoms. The van der Waals surface area contributed by atoms with Crippen LogP contribution in [0.25, 0.3) is 0 Å². The molecule has 0 fully saturated rings. The minimum absolute atomic E-state index is 0.765. The van der Waals surface area contributed by atoms with Crippen molar-refractivity contribution < 1.29 is 4.74 Å². The van der Waals surface area contributed by atoms with E-state index in [1.807, 2.05) is 43.3 Å². The van der Waals surface area contributed by atoms with Crippen LogP contribution < -0.4 is 15.8 Å². The van der Waals surface area contributed by atoms with E-state index in [-0.39, 0.29) is 0 Å². The van der Waals surface area contributed by atoms with Gasteiger partial charge in [-0.2, -0.15) is 0 Å². The second-order valence-electron chi connectivity index (χ2n) is 3.99. The molecule has 0 radical (unpaired) electrons. The van der Waals surface area contributed by atoms with Gasteiger partial charge in [0.25, 0.3) is 0 Å². The minimum Gasteiger partial charge on any atom is -0.497 e. The average Bonchev–Trinajstić information content (AvgIpc) is 2.28. The van der Waals surface area contributed by atoms with Gasteiger partial charge < -0.3 is 15.8 Å². The fourth-order valence-corrected chi connectivity index (χ4v) is 1.73. The molecule has 0 saturated heterocycles. The molecule has 0 aliphatic rings. The van der Waals surface area contributed by atoms with E-state index < -0.39 is 0 Å². The smallest absolute Gasteiger partial charge is 0.119 e. The van der Waals surface area contributed by atoms with Crippen molar-refractivity contribution in [3.63, 3.8) is 0 Å². The monoisotopic (exact) mass is 228 g/mol. The second-order valence-corrected chi connectivity index (χ2v) is 3.99. The number of hydrogen-bond acceptors (Lipinski definition) is 3. The number of ether oxygens (including phenoxy) is 1. The first-order valence-electron chi connectivity index (χ1n) is 5.45. The highest BCUT2D eigenvalue weighted by molar-refractivity contribution is 5.65. The fourth-order valence-electron chi connectivity index (χ4n) is 1.73. The first-order valence-corrected chi connectivity index (χ1v) is 5.45. The van der Waals surface area contributed by atoms with Gasteiger partial charge in [0.1, 0.15) is 5.75 Å². The lowest BCUT2D eigenvalue weighted by atomic mass is 10.2. The summed E-state index contributed by atoms with van der Waals surface area (Å²) in [5.74, 6) is 0.847. The molecule has 17 heavy (non-hydrogen) atoms. The van der Waals surface area contributed by atoms with E-state index in [2.05, 4.69) is 11.4 Å². The lowest BCUT2D eigenvalue weighted by Gasteiger charge is -2.09. The third-order valence-corrected chi connectivity index (χ3v) is 2.48. The van der Waals surface area contributed by atoms with E-state index in [1.54, 1.807) is 7.11 Å². The maximum absolute atomic E-state index is 5.80. The van der Waals surface area contributed by atoms with Gasteiger partial charge in [-0.1, -0.05) is 0 Å². The molecule has 0 amide bonds. The maximum atomic E-state index is 5.80. The van der Waals surface area contributed by atoms with E-state index in [0.717, 1.165) is 28.4 Å². The van der Waals surface area contributed by atoms with Gasteiger partial charge in [-0.15, -0.1) is 0 Å². The molecule has 88 valence electrons. The van der Waals surface area contributed by atoms with Gasteiger partial charge in [0.15, 0.2) is 0 Å². The molecule has 0 aromatic heterocycles. The Bertz CT molecular complexity index is 486. The molecule has 0 saturated carbocycles. The molecule has 3 nitrogen and oxygen atoms in total. The van der Waals surface area contributed by atoms with Crippen LogP contribution in [0, 0.1) is 6.92 Å². The summed E-state index contributed by atoms with van der Waals surface area (Å²) >= 11 is 0. The van der Waals surface area contributed by atoms with Gasteiger partial charge in [0.05, 0.1) is 7.11 Å². The molecule has 3 N–H and O–H groups in total. The van der Waals surface area contributed by atoms with E-state index in [9.17, 15) is 0 Å². The number of anilines is 3. The average molecular weight is 228 g/mol. The molecule has 0 atom stereocenters. The number of nitrogens with two attached hydrogens (primary N) is 1. The predicted molar refractivity (Wildman–Crippen MR) is 71.9 cm³/mol. The Hall–Kier alpha value is -2.16. The molecule has 0 heterocycles. The van der Waals surface area contributed by atoms with Crippen LogP contribution in [-0.4, -0.2) is 7.11 Å². The number of hydrogen-bond donors (Lipinski definition) is 2. The highest BCUT2D eigenvalue weighted by Crippen LogP contribution is 2.22. The van der Waals surface area contributed by atoms with Crippen LogP contribution in [0.4, 0.5) is 17.1 Å². The summed E-state index contributed by atoms with van der Waals surface area (Å²) < 4.78 is 5.11. The van der Waals surface area contributed by atoms with Crippen LogP contribution >= 0.6 is 0 Å². The van der Waals surface area contributed by atoms with Gasteiger partial charge in [-0.05, 0) is 55.0 Å². The van der Waals surface area contributed by atoms with Crippen molar-refractivity contribution in [2.24, 2.45) is 0 Å². The lowest BCUT2D eigenvalue weighted by Crippen LogP contribution is -1.93. The van der Waals surface area contributed by atoms with Crippen LogP contribution in [0.3, 0.4) is 0 Å². The maximum Gasteiger partial charge on any atom is 0.119 e. The van der Waals surface area contributed by atoms with Crippen molar-refractivity contribution >= 4 is 17.1 Å². The molecule has 2 rings (SSSR count). The Labute approximate surface area is 101 Å². The van der Waals surface area contributed by atoms with Gasteiger partial charge in [0, 0.05) is 17.1 Å². The van der Waals surface area contributed by atoms with Crippen LogP contribution in [-0.2, 0) is 0 Å². The summed E-state index contributed by atoms with van der Waals surface area (Å²) in [5, 5.41) is 3.30. The Morgan fingerprint density at radius 3 is 2.29 bits per heavy atom. The molecule has 0 spiro atoms. The third kappa shape index (κ3) is 2.91. The molecule has 2 aromatic rings. The number of nitrogen functional groups attached to an aromatic ring is 1. The highest BCUT2D eigenvalue weighted by Gasteiger charge is 1.98. The van der Waals surface area contributed by atoms with Crippen molar-refractivity contribution in [2.75, 3.05) is 18.2 Å². The van der Waals surface area contributed by atoms with Crippen molar-refractivity contribution in [1.29, 1.82) is 0 Å². The minimum atomic E-state index is 0.765. The van der Waals surface area contributed by atoms with Gasteiger partial charge >= 0.3 is 0 Å². The van der Waals surface area contributed by atoms with Crippen molar-refractivity contribution in [3.05, 3.63) is 48.0 Å². The molecular weight excluding hydrogens is 212 g/mol. The second kappa shape index (κ2) is 4.78. The Balaban J connectivity index is 2.19. The summed E-state index contributed by atoms with van der Waals surface area (Å²) in [6.45, 7) is 2.02. The Morgan fingerprint density at radius 2 is 1.71 bits per heavy atom. The van der Waals surface area contributed by atoms with Gasteiger partial charge in [-0.25, -0.2) is 0 Å². The lowest BCUT2D eigenvalue weighted by molar-refractivity contribution is 0.415. The van der Waals surface area contributed by atoms with E-state index in [0.29, 0.717) is 0 Å². The normalized spacial score (nSPS) is 10.0. The summed E-state index contributed by atoms with van der Waals surface area (Å²) in [6.07, 6.45) is 0. The van der Waals surface area contributed by atoms with Crippen LogP contribution in [0.5, 0.6) is 5.75 Å². The molecular formula is C14H16N2O. The van der Waals surface area contributed by atoms with E-state index in [4.69, 9.17) is 10.5 Å². The zero-order chi connectivity index (χ0) is 12.3. The fraction of sp³-hybridized carbons (Fsp3) is 0.143. The third-order valence-electron chi connectivity index (χ3n) is 2.48. The first kappa shape index (κ1) is 11.3. The zero-order valence-electron chi connectivity index (χ0n) is 10.0. The largest absolute Gasteiger partial charge is 0.497 e. The molecule has 0 aliphatic carbocycles. The van der Waals surface area contributed by atoms with Crippen molar-refractivity contribution in [1.82, 2.24) is 0 Å². The van der Waals surface area contributed by atoms with Gasteiger partial charge in [-0.3, -0.25) is 0 Å². The summed E-state index contributed by atoms with van der Waals surface area (Å²) in [7, 11) is 1.66. The molecule has 0 aliphatic heterocycles. The summed E-state index contributed by atoms with van der Waals surface area (Å²) in [4.78, 5) is 0. The number of rotatable bonds is 3. The van der Waals surface area contributed by atoms with Crippen molar-refractivity contribution in [3.8, 4) is 5.75 Å². The number of nitrogens with one attached hydrogen (secondary N) is 1. The van der Waals surface area contributed by atoms with E-state index >= 15 is 0 Å². The quantitative estimate of drug-likeness (QED) is 0.792. The standard InChI is InChI=1S/C14H16N2O/c1-10-7-11(15)9-13(8-10)16-12-3-5-14(17-2)6-4-12/h3-9,16H,15H2,1-2H3. The Kier molecular flexibility index (Phi) is 3.19. The predicted octanol–water partition coefficient (Wildman–Crippen LogP) is 3.33. The first-order chi connectivity index (χ1) is 8.17. The SMILES string of the molecule is COc1ccc(Nc2cc(C)cc(N)c2)cc1. The molecule has 3 heteroatoms. The number of benzene rings is 2. The van der Waals surface area contributed by atoms with Crippen molar-refractivity contribution in [2.45, 2.75) is 6.92 Å². The zero-order valence-corrected chi connectivity index (χ0v) is 10.0. The van der Waals surface area contributed by atoms with Crippen LogP contribution in [0.15, 0.2) is 42.5 Å². The topological polar surface area (TPSA) is 47.3 Å². The summed E-state index contributed by atoms with van der Waals surface area (Å²) in [5.41, 5.74) is 9.71. The van der Waals surface area contributed by atoms with Crippen LogP contribution in [0.1, 0.15) is 5.56 Å².